The fourth-order valence-corrected chi connectivity index (χ4v) is 5.29. The van der Waals surface area contributed by atoms with Gasteiger partial charge in [-0.25, -0.2) is 4.98 Å². The van der Waals surface area contributed by atoms with E-state index in [0.717, 1.165) is 4.90 Å². The van der Waals surface area contributed by atoms with Gasteiger partial charge in [0.25, 0.3) is 5.91 Å². The summed E-state index contributed by atoms with van der Waals surface area (Å²) < 4.78 is 42.6. The number of halogens is 4. The highest BCUT2D eigenvalue weighted by Gasteiger charge is 2.45. The number of carbonyl (C=O) groups is 3. The van der Waals surface area contributed by atoms with Crippen molar-refractivity contribution in [3.8, 4) is 0 Å². The molecule has 1 saturated heterocycles. The quantitative estimate of drug-likeness (QED) is 0.302. The number of likely N-dealkylation sites (tertiary alicyclic amines) is 1. The number of benzene rings is 2. The number of fused-ring (bicyclic) bond motifs is 1. The third-order valence-corrected chi connectivity index (χ3v) is 8.23. The first kappa shape index (κ1) is 32.1. The lowest BCUT2D eigenvalue weighted by Gasteiger charge is -2.38. The molecule has 1 atom stereocenters. The van der Waals surface area contributed by atoms with Crippen LogP contribution in [-0.4, -0.2) is 62.4 Å². The third-order valence-electron chi connectivity index (χ3n) is 7.98. The molecule has 2 aromatic carbocycles. The highest BCUT2D eigenvalue weighted by molar-refractivity contribution is 6.30. The van der Waals surface area contributed by atoms with Gasteiger partial charge in [-0.3, -0.25) is 19.7 Å². The summed E-state index contributed by atoms with van der Waals surface area (Å²) in [6.45, 7) is 11.2. The molecule has 8 nitrogen and oxygen atoms in total. The fourth-order valence-electron chi connectivity index (χ4n) is 5.16. The number of hydrogen-bond acceptors (Lipinski definition) is 4. The molecule has 0 bridgehead atoms. The first-order valence-electron chi connectivity index (χ1n) is 14.0. The van der Waals surface area contributed by atoms with Crippen molar-refractivity contribution in [3.63, 3.8) is 0 Å². The van der Waals surface area contributed by atoms with Gasteiger partial charge in [-0.05, 0) is 73.2 Å². The molecule has 3 aromatic rings. The van der Waals surface area contributed by atoms with E-state index in [2.05, 4.69) is 16.9 Å². The molecule has 1 N–H and O–H groups in total. The van der Waals surface area contributed by atoms with Gasteiger partial charge in [0.05, 0.1) is 11.0 Å². The molecule has 43 heavy (non-hydrogen) atoms. The number of imidazole rings is 1. The van der Waals surface area contributed by atoms with Crippen LogP contribution < -0.4 is 5.32 Å². The Labute approximate surface area is 253 Å². The minimum atomic E-state index is -5.02. The second-order valence-electron chi connectivity index (χ2n) is 11.8. The maximum Gasteiger partial charge on any atom is 0.471 e. The number of nitrogens with one attached hydrogen (secondary N) is 1. The van der Waals surface area contributed by atoms with Crippen molar-refractivity contribution >= 4 is 46.3 Å². The van der Waals surface area contributed by atoms with Crippen molar-refractivity contribution in [1.82, 2.24) is 19.4 Å². The van der Waals surface area contributed by atoms with Gasteiger partial charge in [0.1, 0.15) is 0 Å². The summed E-state index contributed by atoms with van der Waals surface area (Å²) in [4.78, 5) is 45.0. The van der Waals surface area contributed by atoms with E-state index in [9.17, 15) is 27.6 Å². The van der Waals surface area contributed by atoms with E-state index < -0.39 is 29.4 Å². The Morgan fingerprint density at radius 3 is 2.30 bits per heavy atom. The van der Waals surface area contributed by atoms with Gasteiger partial charge >= 0.3 is 12.1 Å². The van der Waals surface area contributed by atoms with Gasteiger partial charge in [-0.15, -0.1) is 0 Å². The van der Waals surface area contributed by atoms with E-state index in [0.29, 0.717) is 53.1 Å². The molecule has 0 unspecified atom stereocenters. The van der Waals surface area contributed by atoms with E-state index in [1.54, 1.807) is 75.1 Å². The van der Waals surface area contributed by atoms with E-state index in [1.807, 2.05) is 4.57 Å². The molecular formula is C31H35ClF3N5O3. The van der Waals surface area contributed by atoms with Crippen molar-refractivity contribution < 1.29 is 27.6 Å². The molecule has 2 heterocycles. The molecule has 0 saturated carbocycles. The second kappa shape index (κ2) is 12.4. The van der Waals surface area contributed by atoms with Gasteiger partial charge in [0, 0.05) is 42.3 Å². The molecule has 0 aliphatic carbocycles. The largest absolute Gasteiger partial charge is 0.471 e. The SMILES string of the molecule is C=CC(=O)N1CCC(n2c(NC(=O)c3ccc(Cl)cc3)nc3cc(CN(C(=O)C(F)(F)F)[C@@H](C)C(C)(C)C)ccc32)CC1. The number of amides is 3. The van der Waals surface area contributed by atoms with Crippen molar-refractivity contribution in [2.75, 3.05) is 18.4 Å². The molecule has 1 aliphatic rings. The molecule has 0 spiro atoms. The van der Waals surface area contributed by atoms with Crippen LogP contribution >= 0.6 is 11.6 Å². The minimum Gasteiger partial charge on any atom is -0.339 e. The van der Waals surface area contributed by atoms with Crippen molar-refractivity contribution in [2.24, 2.45) is 5.41 Å². The summed E-state index contributed by atoms with van der Waals surface area (Å²) in [5.41, 5.74) is 1.35. The summed E-state index contributed by atoms with van der Waals surface area (Å²) in [5, 5.41) is 3.36. The van der Waals surface area contributed by atoms with Crippen LogP contribution in [0.4, 0.5) is 19.1 Å². The average molecular weight is 618 g/mol. The number of rotatable bonds is 7. The van der Waals surface area contributed by atoms with Gasteiger partial charge in [0.15, 0.2) is 0 Å². The van der Waals surface area contributed by atoms with Crippen LogP contribution in [0.25, 0.3) is 11.0 Å². The summed E-state index contributed by atoms with van der Waals surface area (Å²) in [5.74, 6) is -2.20. The fraction of sp³-hybridized carbons (Fsp3) is 0.419. The second-order valence-corrected chi connectivity index (χ2v) is 12.3. The number of aromatic nitrogens is 2. The number of carbonyl (C=O) groups excluding carboxylic acids is 3. The molecule has 1 aliphatic heterocycles. The molecule has 4 rings (SSSR count). The zero-order valence-corrected chi connectivity index (χ0v) is 25.3. The van der Waals surface area contributed by atoms with E-state index in [4.69, 9.17) is 11.6 Å². The predicted octanol–water partition coefficient (Wildman–Crippen LogP) is 6.62. The molecule has 1 aromatic heterocycles. The van der Waals surface area contributed by atoms with E-state index >= 15 is 0 Å². The lowest BCUT2D eigenvalue weighted by atomic mass is 9.86. The van der Waals surface area contributed by atoms with Crippen LogP contribution in [0.1, 0.15) is 62.5 Å². The van der Waals surface area contributed by atoms with Crippen molar-refractivity contribution in [3.05, 3.63) is 71.3 Å². The van der Waals surface area contributed by atoms with Crippen LogP contribution in [0.2, 0.25) is 5.02 Å². The molecule has 0 radical (unpaired) electrons. The third kappa shape index (κ3) is 7.21. The Morgan fingerprint density at radius 2 is 1.74 bits per heavy atom. The Bertz CT molecular complexity index is 1520. The van der Waals surface area contributed by atoms with Crippen LogP contribution in [-0.2, 0) is 16.1 Å². The van der Waals surface area contributed by atoms with E-state index in [-0.39, 0.29) is 24.4 Å². The minimum absolute atomic E-state index is 0.116. The number of piperidine rings is 1. The summed E-state index contributed by atoms with van der Waals surface area (Å²) in [6.07, 6.45) is -2.56. The van der Waals surface area contributed by atoms with Crippen LogP contribution in [0.5, 0.6) is 0 Å². The van der Waals surface area contributed by atoms with Gasteiger partial charge < -0.3 is 14.4 Å². The molecule has 12 heteroatoms. The zero-order valence-electron chi connectivity index (χ0n) is 24.5. The number of alkyl halides is 3. The molecule has 3 amide bonds. The van der Waals surface area contributed by atoms with Crippen LogP contribution in [0, 0.1) is 5.41 Å². The van der Waals surface area contributed by atoms with Gasteiger partial charge in [-0.2, -0.15) is 13.2 Å². The summed E-state index contributed by atoms with van der Waals surface area (Å²) >= 11 is 5.97. The van der Waals surface area contributed by atoms with Crippen molar-refractivity contribution in [1.29, 1.82) is 0 Å². The first-order valence-corrected chi connectivity index (χ1v) is 14.3. The average Bonchev–Trinajstić information content (AvgIpc) is 3.31. The summed E-state index contributed by atoms with van der Waals surface area (Å²) in [6, 6.07) is 10.6. The molecular weight excluding hydrogens is 583 g/mol. The maximum atomic E-state index is 13.6. The first-order chi connectivity index (χ1) is 20.1. The monoisotopic (exact) mass is 617 g/mol. The van der Waals surface area contributed by atoms with Crippen molar-refractivity contribution in [2.45, 2.75) is 65.3 Å². The maximum absolute atomic E-state index is 13.6. The number of nitrogens with zero attached hydrogens (tertiary/aromatic N) is 4. The van der Waals surface area contributed by atoms with Crippen LogP contribution in [0.3, 0.4) is 0 Å². The molecule has 1 fully saturated rings. The standard InChI is InChI=1S/C31H35ClF3N5O3/c1-6-26(41)38-15-13-23(14-16-38)40-25-12-7-20(18-39(19(2)30(3,4)5)28(43)31(33,34)35)17-24(25)36-29(40)37-27(42)21-8-10-22(32)11-9-21/h6-12,17,19,23H,1,13-16,18H2,2-5H3,(H,36,37,42)/t19-/m0/s1. The lowest BCUT2D eigenvalue weighted by Crippen LogP contribution is -2.50. The highest BCUT2D eigenvalue weighted by atomic mass is 35.5. The number of anilines is 1. The Hall–Kier alpha value is -3.86. The normalized spacial score (nSPS) is 15.3. The van der Waals surface area contributed by atoms with Gasteiger partial charge in [-0.1, -0.05) is 45.0 Å². The smallest absolute Gasteiger partial charge is 0.339 e. The van der Waals surface area contributed by atoms with E-state index in [1.165, 1.54) is 6.08 Å². The Kier molecular flexibility index (Phi) is 9.24. The topological polar surface area (TPSA) is 87.5 Å². The molecule has 230 valence electrons. The zero-order chi connectivity index (χ0) is 31.7. The Balaban J connectivity index is 1.72. The van der Waals surface area contributed by atoms with Gasteiger partial charge in [0.2, 0.25) is 11.9 Å². The lowest BCUT2D eigenvalue weighted by molar-refractivity contribution is -0.190. The highest BCUT2D eigenvalue weighted by Crippen LogP contribution is 2.34. The predicted molar refractivity (Wildman–Crippen MR) is 160 cm³/mol. The Morgan fingerprint density at radius 1 is 1.12 bits per heavy atom. The summed E-state index contributed by atoms with van der Waals surface area (Å²) in [7, 11) is 0. The van der Waals surface area contributed by atoms with Crippen LogP contribution in [0.15, 0.2) is 55.1 Å². The number of hydrogen-bond donors (Lipinski definition) is 1.